The summed E-state index contributed by atoms with van der Waals surface area (Å²) in [5, 5.41) is 2.64. The van der Waals surface area contributed by atoms with Crippen molar-refractivity contribution in [1.82, 2.24) is 14.7 Å². The Morgan fingerprint density at radius 3 is 2.53 bits per heavy atom. The minimum atomic E-state index is -3.72. The van der Waals surface area contributed by atoms with Gasteiger partial charge in [0.05, 0.1) is 22.5 Å². The first-order valence-electron chi connectivity index (χ1n) is 8.90. The quantitative estimate of drug-likeness (QED) is 0.500. The molecule has 160 valence electrons. The van der Waals surface area contributed by atoms with Gasteiger partial charge in [-0.2, -0.15) is 0 Å². The molecule has 1 heterocycles. The lowest BCUT2D eigenvalue weighted by atomic mass is 10.2. The smallest absolute Gasteiger partial charge is 0.295 e. The molecule has 1 aromatic heterocycles. The van der Waals surface area contributed by atoms with Crippen molar-refractivity contribution < 1.29 is 26.7 Å². The summed E-state index contributed by atoms with van der Waals surface area (Å²) in [5.74, 6) is -0.944. The number of nitrogens with zero attached hydrogens (tertiary/aromatic N) is 1. The van der Waals surface area contributed by atoms with Crippen LogP contribution in [0.3, 0.4) is 0 Å². The van der Waals surface area contributed by atoms with Gasteiger partial charge in [0, 0.05) is 24.4 Å². The lowest BCUT2D eigenvalue weighted by Gasteiger charge is -2.13. The number of alkyl halides is 2. The SMILES string of the molecule is COCC(C)NS(=O)(=O)c1ccc(NC(=O)c2ccc3nc(C(F)F)[nH]c3c2)cc1. The van der Waals surface area contributed by atoms with Gasteiger partial charge in [-0.1, -0.05) is 0 Å². The third-order valence-electron chi connectivity index (χ3n) is 4.16. The van der Waals surface area contributed by atoms with Crippen molar-refractivity contribution in [3.05, 3.63) is 53.9 Å². The number of nitrogens with one attached hydrogen (secondary N) is 3. The van der Waals surface area contributed by atoms with Gasteiger partial charge >= 0.3 is 0 Å². The summed E-state index contributed by atoms with van der Waals surface area (Å²) in [5.41, 5.74) is 1.25. The Labute approximate surface area is 171 Å². The zero-order valence-electron chi connectivity index (χ0n) is 16.1. The number of sulfonamides is 1. The van der Waals surface area contributed by atoms with Crippen molar-refractivity contribution in [2.24, 2.45) is 0 Å². The number of benzene rings is 2. The minimum Gasteiger partial charge on any atom is -0.383 e. The molecule has 2 aromatic carbocycles. The molecule has 11 heteroatoms. The molecule has 0 aliphatic rings. The Morgan fingerprint density at radius 1 is 1.20 bits per heavy atom. The number of amides is 1. The maximum absolute atomic E-state index is 12.8. The van der Waals surface area contributed by atoms with Crippen molar-refractivity contribution in [2.75, 3.05) is 19.0 Å². The minimum absolute atomic E-state index is 0.0434. The van der Waals surface area contributed by atoms with Gasteiger partial charge in [0.2, 0.25) is 10.0 Å². The molecular formula is C19H20F2N4O4S. The molecule has 3 rings (SSSR count). The largest absolute Gasteiger partial charge is 0.383 e. The fourth-order valence-electron chi connectivity index (χ4n) is 2.81. The van der Waals surface area contributed by atoms with E-state index in [-0.39, 0.29) is 17.1 Å². The zero-order chi connectivity index (χ0) is 21.9. The molecule has 8 nitrogen and oxygen atoms in total. The molecule has 0 radical (unpaired) electrons. The van der Waals surface area contributed by atoms with Crippen LogP contribution in [0.2, 0.25) is 0 Å². The molecule has 1 unspecified atom stereocenters. The van der Waals surface area contributed by atoms with E-state index in [0.717, 1.165) is 0 Å². The number of H-pyrrole nitrogens is 1. The topological polar surface area (TPSA) is 113 Å². The van der Waals surface area contributed by atoms with Crippen molar-refractivity contribution in [2.45, 2.75) is 24.3 Å². The molecule has 0 bridgehead atoms. The average molecular weight is 438 g/mol. The van der Waals surface area contributed by atoms with E-state index < -0.39 is 34.2 Å². The number of aromatic nitrogens is 2. The third kappa shape index (κ3) is 4.99. The second kappa shape index (κ2) is 8.86. The second-order valence-electron chi connectivity index (χ2n) is 6.61. The Kier molecular flexibility index (Phi) is 6.44. The Bertz CT molecular complexity index is 1150. The highest BCUT2D eigenvalue weighted by molar-refractivity contribution is 7.89. The molecule has 3 aromatic rings. The number of rotatable bonds is 8. The first-order chi connectivity index (χ1) is 14.2. The van der Waals surface area contributed by atoms with Crippen LogP contribution in [0, 0.1) is 0 Å². The number of methoxy groups -OCH3 is 1. The lowest BCUT2D eigenvalue weighted by molar-refractivity contribution is 0.102. The van der Waals surface area contributed by atoms with Crippen molar-refractivity contribution >= 4 is 32.7 Å². The number of ether oxygens (including phenoxy) is 1. The predicted octanol–water partition coefficient (Wildman–Crippen LogP) is 3.07. The number of aromatic amines is 1. The maximum Gasteiger partial charge on any atom is 0.295 e. The van der Waals surface area contributed by atoms with Crippen LogP contribution in [-0.2, 0) is 14.8 Å². The molecule has 0 saturated heterocycles. The number of anilines is 1. The van der Waals surface area contributed by atoms with E-state index in [1.54, 1.807) is 6.92 Å². The summed E-state index contributed by atoms with van der Waals surface area (Å²) in [7, 11) is -2.25. The van der Waals surface area contributed by atoms with Crippen LogP contribution in [0.5, 0.6) is 0 Å². The molecule has 30 heavy (non-hydrogen) atoms. The zero-order valence-corrected chi connectivity index (χ0v) is 17.0. The van der Waals surface area contributed by atoms with Crippen LogP contribution >= 0.6 is 0 Å². The van der Waals surface area contributed by atoms with E-state index in [1.807, 2.05) is 0 Å². The van der Waals surface area contributed by atoms with Crippen LogP contribution in [-0.4, -0.2) is 44.1 Å². The van der Waals surface area contributed by atoms with Gasteiger partial charge in [-0.3, -0.25) is 4.79 Å². The van der Waals surface area contributed by atoms with Gasteiger partial charge in [-0.15, -0.1) is 0 Å². The van der Waals surface area contributed by atoms with Gasteiger partial charge in [0.1, 0.15) is 0 Å². The Morgan fingerprint density at radius 2 is 1.90 bits per heavy atom. The number of hydrogen-bond acceptors (Lipinski definition) is 5. The van der Waals surface area contributed by atoms with E-state index in [2.05, 4.69) is 20.0 Å². The van der Waals surface area contributed by atoms with Gasteiger partial charge in [-0.25, -0.2) is 26.9 Å². The number of carbonyl (C=O) groups is 1. The summed E-state index contributed by atoms with van der Waals surface area (Å²) in [6, 6.07) is 9.59. The standard InChI is InChI=1S/C19H20F2N4O4S/c1-11(10-29-2)25-30(27,28)14-6-4-13(5-7-14)22-19(26)12-3-8-15-16(9-12)24-18(23-15)17(20)21/h3-9,11,17,25H,10H2,1-2H3,(H,22,26)(H,23,24). The van der Waals surface area contributed by atoms with Gasteiger partial charge in [0.15, 0.2) is 5.82 Å². The summed E-state index contributed by atoms with van der Waals surface area (Å²) < 4.78 is 57.6. The summed E-state index contributed by atoms with van der Waals surface area (Å²) >= 11 is 0. The third-order valence-corrected chi connectivity index (χ3v) is 5.77. The van der Waals surface area contributed by atoms with Gasteiger partial charge in [0.25, 0.3) is 12.3 Å². The molecule has 1 atom stereocenters. The Hall–Kier alpha value is -2.89. The number of imidazole rings is 1. The van der Waals surface area contributed by atoms with Gasteiger partial charge < -0.3 is 15.0 Å². The van der Waals surface area contributed by atoms with E-state index in [4.69, 9.17) is 4.74 Å². The molecule has 0 aliphatic carbocycles. The summed E-state index contributed by atoms with van der Waals surface area (Å²) in [6.07, 6.45) is -2.74. The van der Waals surface area contributed by atoms with E-state index in [9.17, 15) is 22.0 Å². The summed E-state index contributed by atoms with van der Waals surface area (Å²) in [4.78, 5) is 18.7. The maximum atomic E-state index is 12.8. The Balaban J connectivity index is 1.72. The highest BCUT2D eigenvalue weighted by Crippen LogP contribution is 2.21. The van der Waals surface area contributed by atoms with Crippen molar-refractivity contribution in [1.29, 1.82) is 0 Å². The number of hydrogen-bond donors (Lipinski definition) is 3. The monoisotopic (exact) mass is 438 g/mol. The van der Waals surface area contributed by atoms with Crippen LogP contribution in [0.4, 0.5) is 14.5 Å². The fourth-order valence-corrected chi connectivity index (χ4v) is 4.04. The molecule has 0 aliphatic heterocycles. The molecular weight excluding hydrogens is 418 g/mol. The van der Waals surface area contributed by atoms with Crippen molar-refractivity contribution in [3.63, 3.8) is 0 Å². The van der Waals surface area contributed by atoms with Crippen LogP contribution in [0.25, 0.3) is 11.0 Å². The first-order valence-corrected chi connectivity index (χ1v) is 10.4. The van der Waals surface area contributed by atoms with Crippen LogP contribution < -0.4 is 10.0 Å². The van der Waals surface area contributed by atoms with E-state index in [1.165, 1.54) is 49.6 Å². The highest BCUT2D eigenvalue weighted by Gasteiger charge is 2.18. The normalized spacial score (nSPS) is 13.0. The predicted molar refractivity (Wildman–Crippen MR) is 107 cm³/mol. The number of halogens is 2. The highest BCUT2D eigenvalue weighted by atomic mass is 32.2. The lowest BCUT2D eigenvalue weighted by Crippen LogP contribution is -2.35. The average Bonchev–Trinajstić information content (AvgIpc) is 3.12. The molecule has 3 N–H and O–H groups in total. The number of fused-ring (bicyclic) bond motifs is 1. The number of carbonyl (C=O) groups excluding carboxylic acids is 1. The molecule has 0 fully saturated rings. The molecule has 0 saturated carbocycles. The van der Waals surface area contributed by atoms with Gasteiger partial charge in [-0.05, 0) is 49.4 Å². The molecule has 0 spiro atoms. The van der Waals surface area contributed by atoms with E-state index in [0.29, 0.717) is 16.7 Å². The summed E-state index contributed by atoms with van der Waals surface area (Å²) in [6.45, 7) is 1.91. The van der Waals surface area contributed by atoms with E-state index >= 15 is 0 Å². The molecule has 1 amide bonds. The second-order valence-corrected chi connectivity index (χ2v) is 8.32. The fraction of sp³-hybridized carbons (Fsp3) is 0.263. The van der Waals surface area contributed by atoms with Crippen LogP contribution in [0.1, 0.15) is 29.5 Å². The van der Waals surface area contributed by atoms with Crippen molar-refractivity contribution in [3.8, 4) is 0 Å². The first kappa shape index (κ1) is 21.8. The van der Waals surface area contributed by atoms with Crippen LogP contribution in [0.15, 0.2) is 47.4 Å².